The van der Waals surface area contributed by atoms with Crippen LogP contribution in [0.1, 0.15) is 20.3 Å². The van der Waals surface area contributed by atoms with Crippen molar-refractivity contribution in [2.75, 3.05) is 26.2 Å². The van der Waals surface area contributed by atoms with E-state index in [4.69, 9.17) is 5.11 Å². The smallest absolute Gasteiger partial charge is 0.282 e. The highest BCUT2D eigenvalue weighted by Gasteiger charge is 2.34. The van der Waals surface area contributed by atoms with Crippen LogP contribution in [-0.4, -0.2) is 54.4 Å². The number of aliphatic hydroxyl groups is 1. The highest BCUT2D eigenvalue weighted by atomic mass is 32.2. The standard InChI is InChI=1S/C8H18N2O3S/c1-8(2)10-5-3-4-9(6-7-11)14(10,12)13/h8,11H,3-7H2,1-2H3. The van der Waals surface area contributed by atoms with Gasteiger partial charge in [-0.2, -0.15) is 17.0 Å². The van der Waals surface area contributed by atoms with Crippen molar-refractivity contribution in [3.8, 4) is 0 Å². The van der Waals surface area contributed by atoms with E-state index in [1.54, 1.807) is 0 Å². The van der Waals surface area contributed by atoms with Crippen LogP contribution in [0, 0.1) is 0 Å². The first kappa shape index (κ1) is 11.9. The molecule has 0 amide bonds. The third-order valence-corrected chi connectivity index (χ3v) is 4.55. The van der Waals surface area contributed by atoms with E-state index in [2.05, 4.69) is 0 Å². The van der Waals surface area contributed by atoms with Crippen molar-refractivity contribution >= 4 is 10.2 Å². The molecule has 1 aliphatic rings. The molecule has 0 bridgehead atoms. The predicted molar refractivity (Wildman–Crippen MR) is 54.0 cm³/mol. The van der Waals surface area contributed by atoms with E-state index in [0.29, 0.717) is 13.1 Å². The van der Waals surface area contributed by atoms with E-state index in [-0.39, 0.29) is 19.2 Å². The van der Waals surface area contributed by atoms with E-state index in [1.165, 1.54) is 8.61 Å². The second kappa shape index (κ2) is 4.57. The molecule has 0 aliphatic carbocycles. The van der Waals surface area contributed by atoms with Crippen molar-refractivity contribution in [1.82, 2.24) is 8.61 Å². The Morgan fingerprint density at radius 2 is 2.00 bits per heavy atom. The van der Waals surface area contributed by atoms with Crippen LogP contribution in [0.5, 0.6) is 0 Å². The Morgan fingerprint density at radius 3 is 2.50 bits per heavy atom. The van der Waals surface area contributed by atoms with Crippen LogP contribution < -0.4 is 0 Å². The fourth-order valence-corrected chi connectivity index (χ4v) is 3.51. The first-order chi connectivity index (χ1) is 6.50. The molecule has 1 rings (SSSR count). The highest BCUT2D eigenvalue weighted by Crippen LogP contribution is 2.18. The van der Waals surface area contributed by atoms with Crippen LogP contribution in [0.2, 0.25) is 0 Å². The largest absolute Gasteiger partial charge is 0.395 e. The van der Waals surface area contributed by atoms with Crippen LogP contribution in [0.4, 0.5) is 0 Å². The summed E-state index contributed by atoms with van der Waals surface area (Å²) in [5.74, 6) is 0. The third kappa shape index (κ3) is 2.25. The number of hydrogen-bond acceptors (Lipinski definition) is 3. The molecule has 1 saturated heterocycles. The summed E-state index contributed by atoms with van der Waals surface area (Å²) in [6.07, 6.45) is 0.831. The third-order valence-electron chi connectivity index (χ3n) is 2.33. The van der Waals surface area contributed by atoms with Gasteiger partial charge in [0.15, 0.2) is 0 Å². The first-order valence-electron chi connectivity index (χ1n) is 4.88. The summed E-state index contributed by atoms with van der Waals surface area (Å²) in [6, 6.07) is -0.0125. The van der Waals surface area contributed by atoms with Crippen LogP contribution in [0.25, 0.3) is 0 Å². The second-order valence-corrected chi connectivity index (χ2v) is 5.57. The van der Waals surface area contributed by atoms with E-state index >= 15 is 0 Å². The molecule has 14 heavy (non-hydrogen) atoms. The Bertz CT molecular complexity index is 274. The molecule has 0 saturated carbocycles. The van der Waals surface area contributed by atoms with Gasteiger partial charge < -0.3 is 5.11 Å². The molecule has 0 spiro atoms. The maximum absolute atomic E-state index is 11.9. The molecular weight excluding hydrogens is 204 g/mol. The average molecular weight is 222 g/mol. The van der Waals surface area contributed by atoms with Crippen molar-refractivity contribution in [2.45, 2.75) is 26.3 Å². The Labute approximate surface area is 85.5 Å². The van der Waals surface area contributed by atoms with Gasteiger partial charge >= 0.3 is 0 Å². The summed E-state index contributed by atoms with van der Waals surface area (Å²) >= 11 is 0. The quantitative estimate of drug-likeness (QED) is 0.709. The van der Waals surface area contributed by atoms with Gasteiger partial charge in [0.1, 0.15) is 0 Å². The molecule has 1 N–H and O–H groups in total. The zero-order valence-electron chi connectivity index (χ0n) is 8.68. The van der Waals surface area contributed by atoms with Gasteiger partial charge in [-0.1, -0.05) is 0 Å². The van der Waals surface area contributed by atoms with Crippen LogP contribution in [-0.2, 0) is 10.2 Å². The lowest BCUT2D eigenvalue weighted by atomic mass is 10.3. The SMILES string of the molecule is CC(C)N1CCCN(CCO)S1(=O)=O. The monoisotopic (exact) mass is 222 g/mol. The minimum absolute atomic E-state index is 0.0125. The highest BCUT2D eigenvalue weighted by molar-refractivity contribution is 7.86. The van der Waals surface area contributed by atoms with Gasteiger partial charge in [0.2, 0.25) is 0 Å². The van der Waals surface area contributed by atoms with Gasteiger partial charge in [-0.25, -0.2) is 0 Å². The summed E-state index contributed by atoms with van der Waals surface area (Å²) in [7, 11) is -3.32. The molecule has 0 radical (unpaired) electrons. The van der Waals surface area contributed by atoms with Gasteiger partial charge in [0, 0.05) is 25.7 Å². The lowest BCUT2D eigenvalue weighted by Crippen LogP contribution is -2.52. The van der Waals surface area contributed by atoms with Crippen molar-refractivity contribution in [3.63, 3.8) is 0 Å². The Balaban J connectivity index is 2.82. The van der Waals surface area contributed by atoms with Crippen molar-refractivity contribution in [2.24, 2.45) is 0 Å². The molecule has 6 heteroatoms. The normalized spacial score (nSPS) is 24.3. The molecule has 0 aromatic rings. The average Bonchev–Trinajstić information content (AvgIpc) is 2.07. The van der Waals surface area contributed by atoms with Crippen LogP contribution in [0.15, 0.2) is 0 Å². The minimum Gasteiger partial charge on any atom is -0.395 e. The van der Waals surface area contributed by atoms with Crippen LogP contribution >= 0.6 is 0 Å². The minimum atomic E-state index is -3.32. The zero-order valence-corrected chi connectivity index (χ0v) is 9.50. The van der Waals surface area contributed by atoms with Gasteiger partial charge in [-0.05, 0) is 20.3 Å². The molecule has 5 nitrogen and oxygen atoms in total. The summed E-state index contributed by atoms with van der Waals surface area (Å²) in [5.41, 5.74) is 0. The van der Waals surface area contributed by atoms with Crippen molar-refractivity contribution in [3.05, 3.63) is 0 Å². The van der Waals surface area contributed by atoms with Crippen LogP contribution in [0.3, 0.4) is 0 Å². The molecule has 1 heterocycles. The molecule has 1 fully saturated rings. The molecular formula is C8H18N2O3S. The number of hydrogen-bond donors (Lipinski definition) is 1. The summed E-state index contributed by atoms with van der Waals surface area (Å²) < 4.78 is 26.6. The number of β-amino-alcohol motifs (C(OH)–C–C–N with tert-alkyl or cyclic N) is 1. The molecule has 84 valence electrons. The van der Waals surface area contributed by atoms with Gasteiger partial charge in [0.25, 0.3) is 10.2 Å². The Kier molecular flexibility index (Phi) is 3.88. The molecule has 0 aromatic heterocycles. The summed E-state index contributed by atoms with van der Waals surface area (Å²) in [4.78, 5) is 0. The molecule has 0 unspecified atom stereocenters. The van der Waals surface area contributed by atoms with Crippen molar-refractivity contribution < 1.29 is 13.5 Å². The molecule has 1 aliphatic heterocycles. The fourth-order valence-electron chi connectivity index (χ4n) is 1.65. The van der Waals surface area contributed by atoms with Gasteiger partial charge in [-0.3, -0.25) is 0 Å². The predicted octanol–water partition coefficient (Wildman–Crippen LogP) is -0.360. The lowest BCUT2D eigenvalue weighted by Gasteiger charge is -2.36. The van der Waals surface area contributed by atoms with Gasteiger partial charge in [-0.15, -0.1) is 0 Å². The zero-order chi connectivity index (χ0) is 10.8. The number of nitrogens with zero attached hydrogens (tertiary/aromatic N) is 2. The summed E-state index contributed by atoms with van der Waals surface area (Å²) in [5, 5.41) is 8.75. The molecule has 0 aromatic carbocycles. The Hall–Kier alpha value is -0.170. The van der Waals surface area contributed by atoms with E-state index in [9.17, 15) is 8.42 Å². The topological polar surface area (TPSA) is 60.9 Å². The van der Waals surface area contributed by atoms with Gasteiger partial charge in [0.05, 0.1) is 6.61 Å². The van der Waals surface area contributed by atoms with Crippen molar-refractivity contribution in [1.29, 1.82) is 0 Å². The van der Waals surface area contributed by atoms with E-state index in [1.807, 2.05) is 13.8 Å². The summed E-state index contributed by atoms with van der Waals surface area (Å²) in [6.45, 7) is 4.91. The second-order valence-electron chi connectivity index (χ2n) is 3.69. The number of aliphatic hydroxyl groups excluding tert-OH is 1. The fraction of sp³-hybridized carbons (Fsp3) is 1.00. The number of rotatable bonds is 3. The maximum Gasteiger partial charge on any atom is 0.282 e. The maximum atomic E-state index is 11.9. The molecule has 0 atom stereocenters. The Morgan fingerprint density at radius 1 is 1.36 bits per heavy atom. The first-order valence-corrected chi connectivity index (χ1v) is 6.27. The lowest BCUT2D eigenvalue weighted by molar-refractivity contribution is 0.213. The van der Waals surface area contributed by atoms with E-state index < -0.39 is 10.2 Å². The van der Waals surface area contributed by atoms with E-state index in [0.717, 1.165) is 6.42 Å².